The van der Waals surface area contributed by atoms with E-state index in [0.717, 1.165) is 48.4 Å². The van der Waals surface area contributed by atoms with E-state index in [1.807, 2.05) is 36.4 Å². The van der Waals surface area contributed by atoms with Crippen LogP contribution < -0.4 is 4.74 Å². The van der Waals surface area contributed by atoms with Gasteiger partial charge in [0.15, 0.2) is 12.3 Å². The number of rotatable bonds is 8. The van der Waals surface area contributed by atoms with E-state index >= 15 is 0 Å². The Hall–Kier alpha value is -3.76. The van der Waals surface area contributed by atoms with Gasteiger partial charge in [0.2, 0.25) is 5.88 Å². The summed E-state index contributed by atoms with van der Waals surface area (Å²) in [6.07, 6.45) is 1.49. The Morgan fingerprint density at radius 2 is 1.82 bits per heavy atom. The molecule has 178 valence electrons. The van der Waals surface area contributed by atoms with E-state index in [1.165, 1.54) is 6.21 Å². The number of fused-ring (bicyclic) bond motifs is 1. The zero-order chi connectivity index (χ0) is 23.9. The number of likely N-dealkylation sites (N-methyl/N-ethyl adjacent to an activating group) is 1. The number of hydrogen-bond acceptors (Lipinski definition) is 8. The molecule has 10 heteroatoms. The van der Waals surface area contributed by atoms with Gasteiger partial charge in [0.1, 0.15) is 5.75 Å². The summed E-state index contributed by atoms with van der Waals surface area (Å²) in [6, 6.07) is 14.8. The molecule has 0 unspecified atom stereocenters. The molecule has 1 saturated heterocycles. The molecule has 3 aromatic rings. The number of benzene rings is 2. The second kappa shape index (κ2) is 10.9. The molecule has 0 saturated carbocycles. The number of hydrogen-bond donors (Lipinski definition) is 1. The second-order valence-electron chi connectivity index (χ2n) is 8.05. The van der Waals surface area contributed by atoms with E-state index in [4.69, 9.17) is 9.57 Å². The fourth-order valence-electron chi connectivity index (χ4n) is 3.72. The minimum absolute atomic E-state index is 0.0184. The molecule has 34 heavy (non-hydrogen) atoms. The number of oxime groups is 1. The molecule has 0 aliphatic carbocycles. The van der Waals surface area contributed by atoms with Crippen molar-refractivity contribution in [2.75, 3.05) is 46.9 Å². The van der Waals surface area contributed by atoms with Gasteiger partial charge in [0, 0.05) is 31.6 Å². The highest BCUT2D eigenvalue weighted by Crippen LogP contribution is 2.39. The third-order valence-corrected chi connectivity index (χ3v) is 5.70. The van der Waals surface area contributed by atoms with Crippen LogP contribution >= 0.6 is 0 Å². The predicted octanol–water partition coefficient (Wildman–Crippen LogP) is 3.22. The van der Waals surface area contributed by atoms with E-state index in [9.17, 15) is 9.90 Å². The molecule has 0 radical (unpaired) electrons. The maximum Gasteiger partial charge on any atom is 0.304 e. The topological polar surface area (TPSA) is 104 Å². The molecule has 4 rings (SSSR count). The highest BCUT2D eigenvalue weighted by molar-refractivity contribution is 5.95. The molecule has 1 amide bonds. The lowest BCUT2D eigenvalue weighted by Crippen LogP contribution is -2.44. The molecule has 0 bridgehead atoms. The Labute approximate surface area is 197 Å². The summed E-state index contributed by atoms with van der Waals surface area (Å²) >= 11 is 0. The average molecular weight is 465 g/mol. The van der Waals surface area contributed by atoms with Crippen molar-refractivity contribution in [3.8, 4) is 11.6 Å². The number of nitrogens with zero attached hydrogens (tertiary/aromatic N) is 6. The first-order valence-electron chi connectivity index (χ1n) is 11.0. The van der Waals surface area contributed by atoms with E-state index in [1.54, 1.807) is 23.8 Å². The number of methoxy groups -OCH3 is 1. The van der Waals surface area contributed by atoms with Crippen molar-refractivity contribution in [3.05, 3.63) is 54.1 Å². The zero-order valence-electron chi connectivity index (χ0n) is 19.3. The number of aromatic nitrogens is 1. The van der Waals surface area contributed by atoms with Crippen molar-refractivity contribution in [3.63, 3.8) is 0 Å². The molecule has 1 fully saturated rings. The first-order valence-corrected chi connectivity index (χ1v) is 11.0. The van der Waals surface area contributed by atoms with Gasteiger partial charge in [-0.2, -0.15) is 0 Å². The Morgan fingerprint density at radius 1 is 1.09 bits per heavy atom. The van der Waals surface area contributed by atoms with Crippen molar-refractivity contribution in [1.29, 1.82) is 0 Å². The molecule has 2 heterocycles. The van der Waals surface area contributed by atoms with Crippen molar-refractivity contribution < 1.29 is 19.5 Å². The minimum Gasteiger partial charge on any atom is -0.497 e. The Bertz CT molecular complexity index is 1180. The lowest BCUT2D eigenvalue weighted by molar-refractivity contribution is -0.122. The number of amides is 1. The van der Waals surface area contributed by atoms with Gasteiger partial charge in [-0.25, -0.2) is 0 Å². The molecule has 1 N–H and O–H groups in total. The molecular weight excluding hydrogens is 436 g/mol. The zero-order valence-corrected chi connectivity index (χ0v) is 19.3. The summed E-state index contributed by atoms with van der Waals surface area (Å²) in [4.78, 5) is 21.7. The highest BCUT2D eigenvalue weighted by Gasteiger charge is 2.20. The first kappa shape index (κ1) is 23.4. The van der Waals surface area contributed by atoms with Crippen LogP contribution in [0.4, 0.5) is 5.69 Å². The van der Waals surface area contributed by atoms with Gasteiger partial charge in [0.25, 0.3) is 0 Å². The fourth-order valence-corrected chi connectivity index (χ4v) is 3.72. The van der Waals surface area contributed by atoms with Gasteiger partial charge < -0.3 is 19.6 Å². The third-order valence-electron chi connectivity index (χ3n) is 5.70. The Kier molecular flexibility index (Phi) is 7.51. The average Bonchev–Trinajstić information content (AvgIpc) is 3.13. The Balaban J connectivity index is 1.40. The molecule has 1 aliphatic heterocycles. The van der Waals surface area contributed by atoms with E-state index in [2.05, 4.69) is 32.2 Å². The smallest absolute Gasteiger partial charge is 0.304 e. The maximum atomic E-state index is 12.1. The van der Waals surface area contributed by atoms with Crippen molar-refractivity contribution in [1.82, 2.24) is 14.4 Å². The number of azo groups is 1. The van der Waals surface area contributed by atoms with E-state index in [-0.39, 0.29) is 18.2 Å². The molecule has 0 atom stereocenters. The van der Waals surface area contributed by atoms with Gasteiger partial charge in [-0.1, -0.05) is 23.4 Å². The van der Waals surface area contributed by atoms with Crippen molar-refractivity contribution >= 4 is 28.7 Å². The highest BCUT2D eigenvalue weighted by atomic mass is 16.6. The molecule has 10 nitrogen and oxygen atoms in total. The molecule has 1 aliphatic rings. The number of carbonyl (C=O) groups excluding carboxylic acids is 1. The first-order chi connectivity index (χ1) is 16.5. The molecular formula is C24H28N6O4. The van der Waals surface area contributed by atoms with Gasteiger partial charge >= 0.3 is 5.91 Å². The van der Waals surface area contributed by atoms with Crippen LogP contribution in [0.5, 0.6) is 11.6 Å². The summed E-state index contributed by atoms with van der Waals surface area (Å²) in [5.41, 5.74) is 1.90. The van der Waals surface area contributed by atoms with Gasteiger partial charge in [-0.15, -0.1) is 10.2 Å². The largest absolute Gasteiger partial charge is 0.497 e. The van der Waals surface area contributed by atoms with Gasteiger partial charge in [0.05, 0.1) is 25.5 Å². The molecule has 2 aromatic carbocycles. The predicted molar refractivity (Wildman–Crippen MR) is 129 cm³/mol. The molecule has 1 aromatic heterocycles. The SMILES string of the molecule is COc1ccc(/C=N\OCC(=O)N=Nc2c(O)n(CN3CCN(C)CC3)c3ccccc23)cc1. The quantitative estimate of drug-likeness (QED) is 0.312. The second-order valence-corrected chi connectivity index (χ2v) is 8.05. The van der Waals surface area contributed by atoms with Crippen LogP contribution in [-0.2, 0) is 16.3 Å². The van der Waals surface area contributed by atoms with E-state index in [0.29, 0.717) is 6.67 Å². The van der Waals surface area contributed by atoms with Gasteiger partial charge in [-0.05, 0) is 42.9 Å². The number of aromatic hydroxyl groups is 1. The van der Waals surface area contributed by atoms with Crippen LogP contribution in [0.3, 0.4) is 0 Å². The number of piperazine rings is 1. The number of ether oxygens (including phenoxy) is 1. The van der Waals surface area contributed by atoms with Crippen molar-refractivity contribution in [2.24, 2.45) is 15.4 Å². The summed E-state index contributed by atoms with van der Waals surface area (Å²) < 4.78 is 6.90. The monoisotopic (exact) mass is 464 g/mol. The molecule has 0 spiro atoms. The van der Waals surface area contributed by atoms with Crippen LogP contribution in [0.25, 0.3) is 10.9 Å². The maximum absolute atomic E-state index is 12.1. The summed E-state index contributed by atoms with van der Waals surface area (Å²) in [6.45, 7) is 3.94. The standard InChI is InChI=1S/C24H28N6O4/c1-28-11-13-29(14-12-28)17-30-21-6-4-3-5-20(21)23(24(30)32)27-26-22(31)16-34-25-15-18-7-9-19(33-2)10-8-18/h3-10,15,32H,11-14,16-17H2,1-2H3/b25-15-,27-26?. The van der Waals surface area contributed by atoms with Crippen LogP contribution in [0, 0.1) is 0 Å². The summed E-state index contributed by atoms with van der Waals surface area (Å²) in [5.74, 6) is 0.110. The minimum atomic E-state index is -0.609. The van der Waals surface area contributed by atoms with Crippen LogP contribution in [0.15, 0.2) is 63.9 Å². The van der Waals surface area contributed by atoms with Crippen LogP contribution in [0.2, 0.25) is 0 Å². The van der Waals surface area contributed by atoms with Crippen molar-refractivity contribution in [2.45, 2.75) is 6.67 Å². The van der Waals surface area contributed by atoms with Gasteiger partial charge in [-0.3, -0.25) is 14.3 Å². The summed E-state index contributed by atoms with van der Waals surface area (Å²) in [5, 5.41) is 23.2. The lowest BCUT2D eigenvalue weighted by Gasteiger charge is -2.32. The van der Waals surface area contributed by atoms with E-state index < -0.39 is 5.91 Å². The van der Waals surface area contributed by atoms with Crippen LogP contribution in [-0.4, -0.2) is 78.5 Å². The fraction of sp³-hybridized carbons (Fsp3) is 0.333. The normalized spacial score (nSPS) is 15.5. The number of carbonyl (C=O) groups is 1. The Morgan fingerprint density at radius 3 is 2.56 bits per heavy atom. The third kappa shape index (κ3) is 5.59. The number of para-hydroxylation sites is 1. The summed E-state index contributed by atoms with van der Waals surface area (Å²) in [7, 11) is 3.70. The van der Waals surface area contributed by atoms with Crippen LogP contribution in [0.1, 0.15) is 5.56 Å². The lowest BCUT2D eigenvalue weighted by atomic mass is 10.2.